The van der Waals surface area contributed by atoms with Gasteiger partial charge in [0.05, 0.1) is 10.6 Å². The molecule has 1 aliphatic heterocycles. The third-order valence-corrected chi connectivity index (χ3v) is 5.99. The normalized spacial score (nSPS) is 14.2. The van der Waals surface area contributed by atoms with Crippen molar-refractivity contribution in [1.82, 2.24) is 5.32 Å². The van der Waals surface area contributed by atoms with Crippen molar-refractivity contribution in [2.45, 2.75) is 11.3 Å². The largest absolute Gasteiger partial charge is 0.352 e. The zero-order valence-corrected chi connectivity index (χ0v) is 17.6. The number of rotatable bonds is 5. The molecule has 0 radical (unpaired) electrons. The van der Waals surface area contributed by atoms with Gasteiger partial charge in [0, 0.05) is 22.0 Å². The van der Waals surface area contributed by atoms with Crippen LogP contribution in [-0.4, -0.2) is 18.4 Å². The molecule has 6 heteroatoms. The maximum Gasteiger partial charge on any atom is 0.262 e. The topological polar surface area (TPSA) is 58.2 Å². The molecule has 4 rings (SSSR count). The Morgan fingerprint density at radius 3 is 2.57 bits per heavy atom. The summed E-state index contributed by atoms with van der Waals surface area (Å²) in [6, 6.07) is 22.6. The number of thioether (sulfide) groups is 1. The van der Waals surface area contributed by atoms with Crippen LogP contribution in [0, 0.1) is 0 Å². The van der Waals surface area contributed by atoms with E-state index in [1.807, 2.05) is 66.7 Å². The van der Waals surface area contributed by atoms with Crippen molar-refractivity contribution in [1.29, 1.82) is 0 Å². The number of amides is 2. The molecule has 0 atom stereocenters. The number of carbonyl (C=O) groups excluding carboxylic acids is 2. The van der Waals surface area contributed by atoms with Gasteiger partial charge in [-0.2, -0.15) is 0 Å². The fourth-order valence-corrected chi connectivity index (χ4v) is 4.13. The van der Waals surface area contributed by atoms with E-state index in [1.165, 1.54) is 11.8 Å². The van der Waals surface area contributed by atoms with Gasteiger partial charge in [0.2, 0.25) is 0 Å². The molecule has 150 valence electrons. The predicted molar refractivity (Wildman–Crippen MR) is 123 cm³/mol. The molecule has 0 fully saturated rings. The number of benzene rings is 3. The number of anilines is 1. The van der Waals surface area contributed by atoms with Gasteiger partial charge >= 0.3 is 0 Å². The Morgan fingerprint density at radius 2 is 1.80 bits per heavy atom. The highest BCUT2D eigenvalue weighted by molar-refractivity contribution is 8.04. The van der Waals surface area contributed by atoms with Crippen molar-refractivity contribution in [3.05, 3.63) is 99.4 Å². The molecule has 0 bridgehead atoms. The Balaban J connectivity index is 1.41. The molecule has 1 heterocycles. The molecular weight excluding hydrogens is 416 g/mol. The second-order valence-corrected chi connectivity index (χ2v) is 8.34. The average molecular weight is 435 g/mol. The standard InChI is InChI=1S/C24H19ClN2O2S/c25-19-9-6-16(7-10-19)12-13-26-23(28)18-8-11-21-20(15-18)27-24(29)22(30-21)14-17-4-2-1-3-5-17/h1-11,14-15H,12-13H2,(H,26,28)(H,27,29)/b22-14+. The lowest BCUT2D eigenvalue weighted by Gasteiger charge is -2.19. The predicted octanol–water partition coefficient (Wildman–Crippen LogP) is 5.40. The number of carbonyl (C=O) groups is 2. The van der Waals surface area contributed by atoms with Gasteiger partial charge in [0.25, 0.3) is 11.8 Å². The van der Waals surface area contributed by atoms with Gasteiger partial charge in [-0.25, -0.2) is 0 Å². The summed E-state index contributed by atoms with van der Waals surface area (Å²) in [6.07, 6.45) is 2.58. The summed E-state index contributed by atoms with van der Waals surface area (Å²) in [5, 5.41) is 6.50. The van der Waals surface area contributed by atoms with Crippen LogP contribution < -0.4 is 10.6 Å². The van der Waals surface area contributed by atoms with E-state index in [4.69, 9.17) is 11.6 Å². The summed E-state index contributed by atoms with van der Waals surface area (Å²) in [6.45, 7) is 0.516. The molecule has 30 heavy (non-hydrogen) atoms. The van der Waals surface area contributed by atoms with E-state index in [1.54, 1.807) is 12.1 Å². The van der Waals surface area contributed by atoms with Gasteiger partial charge in [-0.3, -0.25) is 9.59 Å². The van der Waals surface area contributed by atoms with E-state index in [9.17, 15) is 9.59 Å². The first-order chi connectivity index (χ1) is 14.6. The Morgan fingerprint density at radius 1 is 1.03 bits per heavy atom. The highest BCUT2D eigenvalue weighted by Crippen LogP contribution is 2.39. The van der Waals surface area contributed by atoms with Crippen molar-refractivity contribution in [3.8, 4) is 0 Å². The molecule has 1 aliphatic rings. The van der Waals surface area contributed by atoms with Crippen LogP contribution in [0.5, 0.6) is 0 Å². The van der Waals surface area contributed by atoms with Crippen LogP contribution >= 0.6 is 23.4 Å². The molecule has 0 aromatic heterocycles. The number of fused-ring (bicyclic) bond motifs is 1. The molecule has 2 amide bonds. The minimum Gasteiger partial charge on any atom is -0.352 e. The molecule has 0 saturated carbocycles. The first kappa shape index (κ1) is 20.3. The Hall–Kier alpha value is -3.02. The van der Waals surface area contributed by atoms with Crippen LogP contribution in [0.15, 0.2) is 82.6 Å². The minimum absolute atomic E-state index is 0.170. The van der Waals surface area contributed by atoms with Crippen molar-refractivity contribution in [3.63, 3.8) is 0 Å². The number of hydrogen-bond donors (Lipinski definition) is 2. The van der Waals surface area contributed by atoms with E-state index in [0.29, 0.717) is 34.1 Å². The lowest BCUT2D eigenvalue weighted by molar-refractivity contribution is -0.112. The maximum atomic E-state index is 12.5. The van der Waals surface area contributed by atoms with Gasteiger partial charge in [0.1, 0.15) is 0 Å². The lowest BCUT2D eigenvalue weighted by Crippen LogP contribution is -2.26. The van der Waals surface area contributed by atoms with Crippen LogP contribution in [0.3, 0.4) is 0 Å². The fraction of sp³-hybridized carbons (Fsp3) is 0.0833. The van der Waals surface area contributed by atoms with Crippen LogP contribution in [-0.2, 0) is 11.2 Å². The van der Waals surface area contributed by atoms with E-state index in [2.05, 4.69) is 10.6 Å². The third kappa shape index (κ3) is 4.93. The first-order valence-corrected chi connectivity index (χ1v) is 10.7. The zero-order chi connectivity index (χ0) is 20.9. The maximum absolute atomic E-state index is 12.5. The van der Waals surface area contributed by atoms with Crippen molar-refractivity contribution >= 4 is 46.9 Å². The van der Waals surface area contributed by atoms with Crippen LogP contribution in [0.4, 0.5) is 5.69 Å². The summed E-state index contributed by atoms with van der Waals surface area (Å²) >= 11 is 7.29. The Labute approximate surface area is 184 Å². The summed E-state index contributed by atoms with van der Waals surface area (Å²) < 4.78 is 0. The summed E-state index contributed by atoms with van der Waals surface area (Å²) in [5.74, 6) is -0.340. The Kier molecular flexibility index (Phi) is 6.21. The highest BCUT2D eigenvalue weighted by Gasteiger charge is 2.22. The monoisotopic (exact) mass is 434 g/mol. The molecule has 0 spiro atoms. The molecule has 0 unspecified atom stereocenters. The zero-order valence-electron chi connectivity index (χ0n) is 16.0. The first-order valence-electron chi connectivity index (χ1n) is 9.51. The van der Waals surface area contributed by atoms with Gasteiger partial charge in [-0.15, -0.1) is 0 Å². The van der Waals surface area contributed by atoms with Crippen LogP contribution in [0.25, 0.3) is 6.08 Å². The summed E-state index contributed by atoms with van der Waals surface area (Å²) in [5.41, 5.74) is 3.24. The Bertz CT molecular complexity index is 1110. The minimum atomic E-state index is -0.170. The SMILES string of the molecule is O=C1Nc2cc(C(=O)NCCc3ccc(Cl)cc3)ccc2S/C1=C/c1ccccc1. The van der Waals surface area contributed by atoms with E-state index >= 15 is 0 Å². The van der Waals surface area contributed by atoms with Crippen LogP contribution in [0.2, 0.25) is 5.02 Å². The van der Waals surface area contributed by atoms with Gasteiger partial charge in [-0.05, 0) is 54.0 Å². The van der Waals surface area contributed by atoms with Gasteiger partial charge in [0.15, 0.2) is 0 Å². The third-order valence-electron chi connectivity index (χ3n) is 4.64. The smallest absolute Gasteiger partial charge is 0.262 e. The second-order valence-electron chi connectivity index (χ2n) is 6.82. The molecule has 3 aromatic rings. The second kappa shape index (κ2) is 9.20. The fourth-order valence-electron chi connectivity index (χ4n) is 3.08. The van der Waals surface area contributed by atoms with Gasteiger partial charge < -0.3 is 10.6 Å². The molecule has 3 aromatic carbocycles. The van der Waals surface area contributed by atoms with E-state index < -0.39 is 0 Å². The van der Waals surface area contributed by atoms with Crippen molar-refractivity contribution in [2.75, 3.05) is 11.9 Å². The molecule has 0 saturated heterocycles. The molecular formula is C24H19ClN2O2S. The number of hydrogen-bond acceptors (Lipinski definition) is 3. The quantitative estimate of drug-likeness (QED) is 0.529. The van der Waals surface area contributed by atoms with Gasteiger partial charge in [-0.1, -0.05) is 65.8 Å². The van der Waals surface area contributed by atoms with Crippen LogP contribution in [0.1, 0.15) is 21.5 Å². The summed E-state index contributed by atoms with van der Waals surface area (Å²) in [4.78, 5) is 26.5. The van der Waals surface area contributed by atoms with E-state index in [0.717, 1.165) is 16.0 Å². The number of halogens is 1. The average Bonchev–Trinajstić information content (AvgIpc) is 2.76. The van der Waals surface area contributed by atoms with Crippen molar-refractivity contribution in [2.24, 2.45) is 0 Å². The van der Waals surface area contributed by atoms with Crippen molar-refractivity contribution < 1.29 is 9.59 Å². The number of nitrogens with one attached hydrogen (secondary N) is 2. The molecule has 4 nitrogen and oxygen atoms in total. The highest BCUT2D eigenvalue weighted by atomic mass is 35.5. The van der Waals surface area contributed by atoms with E-state index in [-0.39, 0.29) is 11.8 Å². The molecule has 0 aliphatic carbocycles. The molecule has 2 N–H and O–H groups in total. The lowest BCUT2D eigenvalue weighted by atomic mass is 10.1. The summed E-state index contributed by atoms with van der Waals surface area (Å²) in [7, 11) is 0.